The normalized spacial score (nSPS) is 17.3. The molecule has 126 valence electrons. The quantitative estimate of drug-likeness (QED) is 0.802. The molecule has 24 heavy (non-hydrogen) atoms. The molecular weight excluding hydrogens is 303 g/mol. The Morgan fingerprint density at radius 2 is 2.04 bits per heavy atom. The molecule has 0 aliphatic heterocycles. The lowest BCUT2D eigenvalue weighted by atomic mass is 9.86. The van der Waals surface area contributed by atoms with Crippen LogP contribution in [0.15, 0.2) is 42.5 Å². The van der Waals surface area contributed by atoms with Gasteiger partial charge in [-0.2, -0.15) is 0 Å². The predicted molar refractivity (Wildman–Crippen MR) is 93.6 cm³/mol. The molecule has 0 fully saturated rings. The molecule has 1 amide bonds. The summed E-state index contributed by atoms with van der Waals surface area (Å²) < 4.78 is 13.7. The zero-order valence-corrected chi connectivity index (χ0v) is 13.9. The number of hydrogen-bond acceptors (Lipinski definition) is 2. The maximum atomic E-state index is 13.7. The van der Waals surface area contributed by atoms with E-state index in [-0.39, 0.29) is 17.8 Å². The highest BCUT2D eigenvalue weighted by Crippen LogP contribution is 2.34. The van der Waals surface area contributed by atoms with Crippen LogP contribution in [0.2, 0.25) is 0 Å². The molecule has 1 aliphatic carbocycles. The Morgan fingerprint density at radius 1 is 1.21 bits per heavy atom. The lowest BCUT2D eigenvalue weighted by Gasteiger charge is -2.24. The Kier molecular flexibility index (Phi) is 5.26. The van der Waals surface area contributed by atoms with Crippen molar-refractivity contribution < 1.29 is 9.18 Å². The Bertz CT molecular complexity index is 717. The molecule has 2 unspecified atom stereocenters. The van der Waals surface area contributed by atoms with E-state index in [4.69, 9.17) is 0 Å². The zero-order chi connectivity index (χ0) is 16.9. The molecule has 0 aromatic heterocycles. The van der Waals surface area contributed by atoms with E-state index < -0.39 is 0 Å². The number of hydrogen-bond donors (Lipinski definition) is 2. The van der Waals surface area contributed by atoms with E-state index in [0.717, 1.165) is 31.2 Å². The Hall–Kier alpha value is -2.20. The number of nitrogens with one attached hydrogen (secondary N) is 2. The van der Waals surface area contributed by atoms with Gasteiger partial charge in [0.15, 0.2) is 0 Å². The summed E-state index contributed by atoms with van der Waals surface area (Å²) in [6.45, 7) is 0.716. The molecule has 0 heterocycles. The van der Waals surface area contributed by atoms with Gasteiger partial charge in [0, 0.05) is 12.6 Å². The molecule has 3 nitrogen and oxygen atoms in total. The van der Waals surface area contributed by atoms with E-state index >= 15 is 0 Å². The van der Waals surface area contributed by atoms with Crippen molar-refractivity contribution in [1.82, 2.24) is 10.6 Å². The summed E-state index contributed by atoms with van der Waals surface area (Å²) >= 11 is 0. The van der Waals surface area contributed by atoms with Crippen molar-refractivity contribution in [3.8, 4) is 0 Å². The zero-order valence-electron chi connectivity index (χ0n) is 13.9. The highest BCUT2D eigenvalue weighted by Gasteiger charge is 2.24. The van der Waals surface area contributed by atoms with E-state index in [1.54, 1.807) is 12.1 Å². The number of rotatable bonds is 6. The number of likely N-dealkylation sites (N-methyl/N-ethyl adjacent to an activating group) is 1. The van der Waals surface area contributed by atoms with Crippen LogP contribution in [0, 0.1) is 5.82 Å². The van der Waals surface area contributed by atoms with Gasteiger partial charge in [0.25, 0.3) is 0 Å². The minimum Gasteiger partial charge on any atom is -0.355 e. The maximum Gasteiger partial charge on any atom is 0.207 e. The molecule has 0 radical (unpaired) electrons. The summed E-state index contributed by atoms with van der Waals surface area (Å²) in [7, 11) is 1.88. The lowest BCUT2D eigenvalue weighted by Crippen LogP contribution is -2.38. The molecule has 0 saturated carbocycles. The van der Waals surface area contributed by atoms with Gasteiger partial charge >= 0.3 is 0 Å². The average Bonchev–Trinajstić information content (AvgIpc) is 2.72. The predicted octanol–water partition coefficient (Wildman–Crippen LogP) is 2.78. The van der Waals surface area contributed by atoms with E-state index in [1.165, 1.54) is 16.7 Å². The third-order valence-electron chi connectivity index (χ3n) is 4.83. The smallest absolute Gasteiger partial charge is 0.207 e. The summed E-state index contributed by atoms with van der Waals surface area (Å²) in [5.74, 6) is 0.0753. The number of benzene rings is 2. The van der Waals surface area contributed by atoms with Crippen LogP contribution in [0.25, 0.3) is 0 Å². The first-order valence-corrected chi connectivity index (χ1v) is 8.40. The van der Waals surface area contributed by atoms with Gasteiger partial charge in [0.1, 0.15) is 5.82 Å². The number of halogens is 1. The van der Waals surface area contributed by atoms with Gasteiger partial charge in [-0.1, -0.05) is 30.3 Å². The minimum atomic E-state index is -0.184. The van der Waals surface area contributed by atoms with Crippen molar-refractivity contribution >= 4 is 6.41 Å². The average molecular weight is 326 g/mol. The van der Waals surface area contributed by atoms with Gasteiger partial charge in [-0.15, -0.1) is 0 Å². The number of amides is 1. The molecule has 3 rings (SSSR count). The van der Waals surface area contributed by atoms with Crippen LogP contribution >= 0.6 is 0 Å². The molecule has 4 heteroatoms. The van der Waals surface area contributed by atoms with Crippen LogP contribution in [0.1, 0.15) is 34.6 Å². The van der Waals surface area contributed by atoms with Gasteiger partial charge in [0.2, 0.25) is 6.41 Å². The van der Waals surface area contributed by atoms with Crippen LogP contribution in [0.5, 0.6) is 0 Å². The van der Waals surface area contributed by atoms with Gasteiger partial charge in [-0.3, -0.25) is 4.79 Å². The third-order valence-corrected chi connectivity index (χ3v) is 4.83. The van der Waals surface area contributed by atoms with E-state index in [9.17, 15) is 9.18 Å². The monoisotopic (exact) mass is 326 g/mol. The summed E-state index contributed by atoms with van der Waals surface area (Å²) in [5.41, 5.74) is 4.87. The Labute approximate surface area is 142 Å². The fraction of sp³-hybridized carbons (Fsp3) is 0.350. The third kappa shape index (κ3) is 3.65. The summed E-state index contributed by atoms with van der Waals surface area (Å²) in [5, 5.41) is 6.03. The van der Waals surface area contributed by atoms with Gasteiger partial charge in [-0.05, 0) is 66.6 Å². The minimum absolute atomic E-state index is 0.0562. The SMILES string of the molecule is CNCC(CC1Cc2cc(F)ccc2Cc2ccccc21)NC=O. The van der Waals surface area contributed by atoms with Crippen LogP contribution in [0.3, 0.4) is 0 Å². The molecular formula is C20H23FN2O. The highest BCUT2D eigenvalue weighted by molar-refractivity contribution is 5.47. The molecule has 0 saturated heterocycles. The first-order chi connectivity index (χ1) is 11.7. The van der Waals surface area contributed by atoms with Gasteiger partial charge < -0.3 is 10.6 Å². The lowest BCUT2D eigenvalue weighted by molar-refractivity contribution is -0.110. The Balaban J connectivity index is 1.95. The molecule has 2 aromatic carbocycles. The van der Waals surface area contributed by atoms with Crippen molar-refractivity contribution in [1.29, 1.82) is 0 Å². The first-order valence-electron chi connectivity index (χ1n) is 8.40. The molecule has 1 aliphatic rings. The van der Waals surface area contributed by atoms with Crippen LogP contribution < -0.4 is 10.6 Å². The Morgan fingerprint density at radius 3 is 2.83 bits per heavy atom. The fourth-order valence-corrected chi connectivity index (χ4v) is 3.74. The molecule has 2 atom stereocenters. The largest absolute Gasteiger partial charge is 0.355 e. The standard InChI is InChI=1S/C20H23FN2O/c1-22-12-19(23-13-24)11-17-9-16-10-18(21)7-6-14(16)8-15-4-2-3-5-20(15)17/h2-7,10,13,17,19,22H,8-9,11-12H2,1H3,(H,23,24). The van der Waals surface area contributed by atoms with E-state index in [0.29, 0.717) is 6.54 Å². The summed E-state index contributed by atoms with van der Waals surface area (Å²) in [6.07, 6.45) is 3.22. The molecule has 2 aromatic rings. The van der Waals surface area contributed by atoms with Crippen molar-refractivity contribution in [2.24, 2.45) is 0 Å². The summed E-state index contributed by atoms with van der Waals surface area (Å²) in [6, 6.07) is 13.6. The van der Waals surface area contributed by atoms with Gasteiger partial charge in [0.05, 0.1) is 0 Å². The molecule has 0 bridgehead atoms. The van der Waals surface area contributed by atoms with Crippen molar-refractivity contribution in [3.63, 3.8) is 0 Å². The van der Waals surface area contributed by atoms with Crippen molar-refractivity contribution in [2.75, 3.05) is 13.6 Å². The second kappa shape index (κ2) is 7.58. The molecule has 0 spiro atoms. The highest BCUT2D eigenvalue weighted by atomic mass is 19.1. The van der Waals surface area contributed by atoms with Crippen LogP contribution in [-0.2, 0) is 17.6 Å². The summed E-state index contributed by atoms with van der Waals surface area (Å²) in [4.78, 5) is 10.9. The van der Waals surface area contributed by atoms with Gasteiger partial charge in [-0.25, -0.2) is 4.39 Å². The fourth-order valence-electron chi connectivity index (χ4n) is 3.74. The van der Waals surface area contributed by atoms with Crippen LogP contribution in [0.4, 0.5) is 4.39 Å². The topological polar surface area (TPSA) is 41.1 Å². The molecule has 2 N–H and O–H groups in total. The van der Waals surface area contributed by atoms with E-state index in [1.807, 2.05) is 13.1 Å². The second-order valence-electron chi connectivity index (χ2n) is 6.46. The number of carbonyl (C=O) groups is 1. The van der Waals surface area contributed by atoms with Crippen molar-refractivity contribution in [2.45, 2.75) is 31.2 Å². The van der Waals surface area contributed by atoms with E-state index in [2.05, 4.69) is 34.9 Å². The number of fused-ring (bicyclic) bond motifs is 2. The maximum absolute atomic E-state index is 13.7. The van der Waals surface area contributed by atoms with Crippen molar-refractivity contribution in [3.05, 3.63) is 70.5 Å². The van der Waals surface area contributed by atoms with Crippen LogP contribution in [-0.4, -0.2) is 26.0 Å². The second-order valence-corrected chi connectivity index (χ2v) is 6.46. The number of carbonyl (C=O) groups excluding carboxylic acids is 1. The first kappa shape index (κ1) is 16.7.